The molecule has 1 aliphatic carbocycles. The molecule has 3 heterocycles. The Bertz CT molecular complexity index is 1100. The van der Waals surface area contributed by atoms with Crippen molar-refractivity contribution in [3.8, 4) is 0 Å². The van der Waals surface area contributed by atoms with Crippen molar-refractivity contribution in [2.75, 3.05) is 19.5 Å². The van der Waals surface area contributed by atoms with Crippen LogP contribution in [-0.4, -0.2) is 39.9 Å². The quantitative estimate of drug-likeness (QED) is 0.425. The summed E-state index contributed by atoms with van der Waals surface area (Å²) in [6.07, 6.45) is 5.94. The third-order valence-corrected chi connectivity index (χ3v) is 7.25. The van der Waals surface area contributed by atoms with Gasteiger partial charge in [0.1, 0.15) is 4.83 Å². The standard InChI is InChI=1S/C21H24N4O3S2/c1-28-11-10-25-20(27)18-15-7-2-3-8-16(15)30-19(18)24-21(25)29-13-17(26)23-12-14-6-4-5-9-22-14/h4-6,9H,2-3,7-8,10-13H2,1H3,(H,23,26). The van der Waals surface area contributed by atoms with Gasteiger partial charge in [-0.2, -0.15) is 0 Å². The molecule has 30 heavy (non-hydrogen) atoms. The van der Waals surface area contributed by atoms with E-state index < -0.39 is 0 Å². The first-order valence-electron chi connectivity index (χ1n) is 10.0. The molecule has 9 heteroatoms. The van der Waals surface area contributed by atoms with Gasteiger partial charge in [-0.1, -0.05) is 17.8 Å². The second-order valence-corrected chi connectivity index (χ2v) is 9.15. The molecule has 0 aromatic carbocycles. The number of fused-ring (bicyclic) bond motifs is 3. The second kappa shape index (κ2) is 9.72. The molecule has 0 aliphatic heterocycles. The number of aromatic nitrogens is 3. The number of nitrogens with one attached hydrogen (secondary N) is 1. The highest BCUT2D eigenvalue weighted by atomic mass is 32.2. The van der Waals surface area contributed by atoms with E-state index in [4.69, 9.17) is 9.72 Å². The zero-order valence-corrected chi connectivity index (χ0v) is 18.5. The summed E-state index contributed by atoms with van der Waals surface area (Å²) in [4.78, 5) is 36.7. The number of ether oxygens (including phenoxy) is 1. The number of thioether (sulfide) groups is 1. The Morgan fingerprint density at radius 1 is 1.33 bits per heavy atom. The van der Waals surface area contributed by atoms with E-state index in [0.29, 0.717) is 24.9 Å². The summed E-state index contributed by atoms with van der Waals surface area (Å²) in [6.45, 7) is 1.21. The van der Waals surface area contributed by atoms with Crippen LogP contribution < -0.4 is 10.9 Å². The molecule has 158 valence electrons. The van der Waals surface area contributed by atoms with Gasteiger partial charge in [-0.15, -0.1) is 11.3 Å². The van der Waals surface area contributed by atoms with Gasteiger partial charge in [-0.05, 0) is 43.4 Å². The van der Waals surface area contributed by atoms with Gasteiger partial charge in [0.15, 0.2) is 5.16 Å². The summed E-state index contributed by atoms with van der Waals surface area (Å²) in [7, 11) is 1.61. The lowest BCUT2D eigenvalue weighted by Crippen LogP contribution is -2.28. The van der Waals surface area contributed by atoms with E-state index in [-0.39, 0.29) is 17.2 Å². The average Bonchev–Trinajstić information content (AvgIpc) is 3.15. The van der Waals surface area contributed by atoms with Gasteiger partial charge >= 0.3 is 0 Å². The highest BCUT2D eigenvalue weighted by Gasteiger charge is 2.22. The summed E-state index contributed by atoms with van der Waals surface area (Å²) in [5.41, 5.74) is 1.96. The van der Waals surface area contributed by atoms with Gasteiger partial charge < -0.3 is 10.1 Å². The van der Waals surface area contributed by atoms with E-state index in [9.17, 15) is 9.59 Å². The molecule has 1 amide bonds. The fourth-order valence-electron chi connectivity index (χ4n) is 3.58. The van der Waals surface area contributed by atoms with Crippen LogP contribution in [0.3, 0.4) is 0 Å². The van der Waals surface area contributed by atoms with Crippen LogP contribution >= 0.6 is 23.1 Å². The number of hydrogen-bond acceptors (Lipinski definition) is 7. The van der Waals surface area contributed by atoms with E-state index in [1.807, 2.05) is 18.2 Å². The number of aryl methyl sites for hydroxylation is 2. The van der Waals surface area contributed by atoms with Crippen molar-refractivity contribution >= 4 is 39.2 Å². The number of carbonyl (C=O) groups excluding carboxylic acids is 1. The summed E-state index contributed by atoms with van der Waals surface area (Å²) in [5, 5.41) is 4.19. The van der Waals surface area contributed by atoms with Gasteiger partial charge in [0.25, 0.3) is 5.56 Å². The number of amides is 1. The smallest absolute Gasteiger partial charge is 0.263 e. The van der Waals surface area contributed by atoms with Crippen LogP contribution in [0.15, 0.2) is 34.3 Å². The molecular weight excluding hydrogens is 420 g/mol. The molecule has 7 nitrogen and oxygen atoms in total. The molecule has 0 spiro atoms. The fraction of sp³-hybridized carbons (Fsp3) is 0.429. The lowest BCUT2D eigenvalue weighted by atomic mass is 9.97. The number of hydrogen-bond donors (Lipinski definition) is 1. The number of thiophene rings is 1. The van der Waals surface area contributed by atoms with Gasteiger partial charge in [-0.3, -0.25) is 19.1 Å². The largest absolute Gasteiger partial charge is 0.383 e. The Labute approximate surface area is 182 Å². The van der Waals surface area contributed by atoms with Crippen LogP contribution in [0.25, 0.3) is 10.2 Å². The molecule has 0 saturated carbocycles. The number of rotatable bonds is 8. The van der Waals surface area contributed by atoms with E-state index in [1.54, 1.807) is 29.2 Å². The van der Waals surface area contributed by atoms with Crippen LogP contribution in [0.4, 0.5) is 0 Å². The Morgan fingerprint density at radius 3 is 3.00 bits per heavy atom. The van der Waals surface area contributed by atoms with Crippen molar-refractivity contribution < 1.29 is 9.53 Å². The van der Waals surface area contributed by atoms with Crippen molar-refractivity contribution in [3.05, 3.63) is 50.9 Å². The van der Waals surface area contributed by atoms with Crippen molar-refractivity contribution in [3.63, 3.8) is 0 Å². The maximum atomic E-state index is 13.3. The minimum atomic E-state index is -0.122. The molecule has 0 atom stereocenters. The highest BCUT2D eigenvalue weighted by molar-refractivity contribution is 7.99. The SMILES string of the molecule is COCCn1c(SCC(=O)NCc2ccccn2)nc2sc3c(c2c1=O)CCCC3. The second-order valence-electron chi connectivity index (χ2n) is 7.12. The molecule has 0 unspecified atom stereocenters. The van der Waals surface area contributed by atoms with Gasteiger partial charge in [0.05, 0.1) is 36.5 Å². The first-order chi connectivity index (χ1) is 14.7. The van der Waals surface area contributed by atoms with Crippen molar-refractivity contribution in [2.45, 2.75) is 43.9 Å². The molecule has 0 saturated heterocycles. The van der Waals surface area contributed by atoms with Crippen LogP contribution in [0.2, 0.25) is 0 Å². The van der Waals surface area contributed by atoms with Crippen molar-refractivity contribution in [1.29, 1.82) is 0 Å². The summed E-state index contributed by atoms with van der Waals surface area (Å²) >= 11 is 2.91. The molecule has 3 aromatic heterocycles. The maximum absolute atomic E-state index is 13.3. The Morgan fingerprint density at radius 2 is 2.20 bits per heavy atom. The van der Waals surface area contributed by atoms with Gasteiger partial charge in [-0.25, -0.2) is 4.98 Å². The van der Waals surface area contributed by atoms with Crippen molar-refractivity contribution in [1.82, 2.24) is 19.9 Å². The third-order valence-electron chi connectivity index (χ3n) is 5.08. The van der Waals surface area contributed by atoms with Crippen molar-refractivity contribution in [2.24, 2.45) is 0 Å². The minimum Gasteiger partial charge on any atom is -0.383 e. The Balaban J connectivity index is 1.54. The molecule has 1 N–H and O–H groups in total. The normalized spacial score (nSPS) is 13.4. The zero-order valence-electron chi connectivity index (χ0n) is 16.8. The van der Waals surface area contributed by atoms with E-state index >= 15 is 0 Å². The van der Waals surface area contributed by atoms with Crippen LogP contribution in [0.1, 0.15) is 29.0 Å². The number of methoxy groups -OCH3 is 1. The van der Waals surface area contributed by atoms with Crippen LogP contribution in [0, 0.1) is 0 Å². The van der Waals surface area contributed by atoms with Gasteiger partial charge in [0, 0.05) is 18.2 Å². The topological polar surface area (TPSA) is 86.1 Å². The number of carbonyl (C=O) groups is 1. The molecule has 3 aromatic rings. The summed E-state index contributed by atoms with van der Waals surface area (Å²) < 4.78 is 6.85. The lowest BCUT2D eigenvalue weighted by Gasteiger charge is -2.13. The predicted octanol–water partition coefficient (Wildman–Crippen LogP) is 2.79. The van der Waals surface area contributed by atoms with E-state index in [1.165, 1.54) is 22.2 Å². The molecule has 0 bridgehead atoms. The first-order valence-corrected chi connectivity index (χ1v) is 11.8. The Hall–Kier alpha value is -2.23. The molecule has 0 radical (unpaired) electrons. The molecule has 0 fully saturated rings. The third kappa shape index (κ3) is 4.58. The zero-order chi connectivity index (χ0) is 20.9. The number of pyridine rings is 1. The first kappa shape index (κ1) is 21.0. The minimum absolute atomic E-state index is 0.0205. The number of nitrogens with zero attached hydrogens (tertiary/aromatic N) is 3. The molecule has 4 rings (SSSR count). The lowest BCUT2D eigenvalue weighted by molar-refractivity contribution is -0.118. The summed E-state index contributed by atoms with van der Waals surface area (Å²) in [5.74, 6) is 0.0619. The van der Waals surface area contributed by atoms with Gasteiger partial charge in [0.2, 0.25) is 5.91 Å². The predicted molar refractivity (Wildman–Crippen MR) is 119 cm³/mol. The van der Waals surface area contributed by atoms with Crippen LogP contribution in [-0.2, 0) is 35.5 Å². The molecule has 1 aliphatic rings. The highest BCUT2D eigenvalue weighted by Crippen LogP contribution is 2.34. The van der Waals surface area contributed by atoms with E-state index in [2.05, 4.69) is 10.3 Å². The Kier molecular flexibility index (Phi) is 6.81. The van der Waals surface area contributed by atoms with E-state index in [0.717, 1.165) is 41.6 Å². The summed E-state index contributed by atoms with van der Waals surface area (Å²) in [6, 6.07) is 5.59. The maximum Gasteiger partial charge on any atom is 0.263 e. The average molecular weight is 445 g/mol. The fourth-order valence-corrected chi connectivity index (χ4v) is 5.74. The molecular formula is C21H24N4O3S2. The van der Waals surface area contributed by atoms with Crippen LogP contribution in [0.5, 0.6) is 0 Å². The monoisotopic (exact) mass is 444 g/mol.